The van der Waals surface area contributed by atoms with Crippen LogP contribution in [-0.2, 0) is 32.3 Å². The number of hydrogen-bond donors (Lipinski definition) is 0. The second-order valence-electron chi connectivity index (χ2n) is 6.43. The van der Waals surface area contributed by atoms with Crippen molar-refractivity contribution in [2.75, 3.05) is 19.0 Å². The fraction of sp³-hybridized carbons (Fsp3) is 0.333. The second-order valence-corrected chi connectivity index (χ2v) is 9.72. The van der Waals surface area contributed by atoms with Crippen LogP contribution in [0.1, 0.15) is 19.4 Å². The molecule has 0 radical (unpaired) electrons. The van der Waals surface area contributed by atoms with E-state index in [1.54, 1.807) is 31.2 Å². The Morgan fingerprint density at radius 1 is 1.10 bits per heavy atom. The summed E-state index contributed by atoms with van der Waals surface area (Å²) in [5.41, 5.74) is 1.76. The zero-order chi connectivity index (χ0) is 20.9. The van der Waals surface area contributed by atoms with Gasteiger partial charge in [0.15, 0.2) is 14.6 Å². The van der Waals surface area contributed by atoms with Crippen LogP contribution in [0, 0.1) is 0 Å². The van der Waals surface area contributed by atoms with Crippen molar-refractivity contribution in [1.82, 2.24) is 4.57 Å². The minimum atomic E-state index is -3.25. The Labute approximate surface area is 174 Å². The lowest BCUT2D eigenvalue weighted by molar-refractivity contribution is -0.117. The molecule has 0 saturated heterocycles. The van der Waals surface area contributed by atoms with E-state index in [1.165, 1.54) is 11.3 Å². The lowest BCUT2D eigenvalue weighted by atomic mass is 10.1. The van der Waals surface area contributed by atoms with Crippen molar-refractivity contribution in [2.45, 2.75) is 31.7 Å². The number of benzene rings is 2. The molecule has 0 aliphatic carbocycles. The van der Waals surface area contributed by atoms with Crippen LogP contribution in [0.2, 0.25) is 0 Å². The van der Waals surface area contributed by atoms with Crippen molar-refractivity contribution in [1.29, 1.82) is 0 Å². The fourth-order valence-corrected chi connectivity index (χ4v) is 4.88. The van der Waals surface area contributed by atoms with Crippen LogP contribution in [0.3, 0.4) is 0 Å². The standard InChI is InChI=1S/C21H24N2O4S2/c1-3-27-14-13-23-18-7-5-6-8-19(18)28-21(23)22-20(24)15-16-9-11-17(12-10-16)29(25,26)4-2/h5-12H,3-4,13-15H2,1-2H3. The van der Waals surface area contributed by atoms with Gasteiger partial charge in [0.2, 0.25) is 0 Å². The third-order valence-electron chi connectivity index (χ3n) is 4.49. The molecule has 0 aliphatic rings. The van der Waals surface area contributed by atoms with Crippen LogP contribution in [0.15, 0.2) is 58.4 Å². The summed E-state index contributed by atoms with van der Waals surface area (Å²) in [4.78, 5) is 17.8. The predicted molar refractivity (Wildman–Crippen MR) is 115 cm³/mol. The topological polar surface area (TPSA) is 77.7 Å². The second kappa shape index (κ2) is 9.47. The molecule has 0 aliphatic heterocycles. The molecule has 2 aromatic carbocycles. The highest BCUT2D eigenvalue weighted by atomic mass is 32.2. The Kier molecular flexibility index (Phi) is 7.00. The largest absolute Gasteiger partial charge is 0.380 e. The molecule has 0 N–H and O–H groups in total. The maximum atomic E-state index is 12.6. The molecule has 0 bridgehead atoms. The Morgan fingerprint density at radius 2 is 1.83 bits per heavy atom. The number of fused-ring (bicyclic) bond motifs is 1. The van der Waals surface area contributed by atoms with Crippen LogP contribution >= 0.6 is 11.3 Å². The molecule has 3 aromatic rings. The molecular formula is C21H24N2O4S2. The number of nitrogens with zero attached hydrogens (tertiary/aromatic N) is 2. The molecule has 8 heteroatoms. The molecule has 0 unspecified atom stereocenters. The first kappa shape index (κ1) is 21.4. The van der Waals surface area contributed by atoms with Gasteiger partial charge in [0.25, 0.3) is 5.91 Å². The average Bonchev–Trinajstić information content (AvgIpc) is 3.05. The molecule has 6 nitrogen and oxygen atoms in total. The molecule has 0 saturated carbocycles. The molecule has 1 aromatic heterocycles. The Balaban J connectivity index is 1.85. The van der Waals surface area contributed by atoms with Crippen LogP contribution in [0.25, 0.3) is 10.2 Å². The van der Waals surface area contributed by atoms with Crippen molar-refractivity contribution < 1.29 is 17.9 Å². The van der Waals surface area contributed by atoms with Crippen molar-refractivity contribution >= 4 is 37.3 Å². The fourth-order valence-electron chi connectivity index (χ4n) is 2.92. The van der Waals surface area contributed by atoms with Crippen molar-refractivity contribution in [3.8, 4) is 0 Å². The van der Waals surface area contributed by atoms with E-state index in [9.17, 15) is 13.2 Å². The highest BCUT2D eigenvalue weighted by Gasteiger charge is 2.12. The molecule has 0 atom stereocenters. The first-order chi connectivity index (χ1) is 13.9. The van der Waals surface area contributed by atoms with Gasteiger partial charge in [0.05, 0.1) is 33.9 Å². The van der Waals surface area contributed by atoms with Gasteiger partial charge in [-0.3, -0.25) is 4.79 Å². The molecule has 1 amide bonds. The summed E-state index contributed by atoms with van der Waals surface area (Å²) >= 11 is 1.47. The van der Waals surface area contributed by atoms with E-state index in [4.69, 9.17) is 4.74 Å². The van der Waals surface area contributed by atoms with E-state index in [0.29, 0.717) is 24.6 Å². The Morgan fingerprint density at radius 3 is 2.52 bits per heavy atom. The molecular weight excluding hydrogens is 408 g/mol. The Bertz CT molecular complexity index is 1160. The van der Waals surface area contributed by atoms with Gasteiger partial charge in [0.1, 0.15) is 0 Å². The molecule has 0 spiro atoms. The minimum absolute atomic E-state index is 0.0499. The average molecular weight is 433 g/mol. The molecule has 1 heterocycles. The van der Waals surface area contributed by atoms with Gasteiger partial charge >= 0.3 is 0 Å². The number of thiazole rings is 1. The third kappa shape index (κ3) is 5.20. The minimum Gasteiger partial charge on any atom is -0.380 e. The molecule has 154 valence electrons. The first-order valence-corrected chi connectivity index (χ1v) is 12.0. The summed E-state index contributed by atoms with van der Waals surface area (Å²) in [5.74, 6) is -0.221. The highest BCUT2D eigenvalue weighted by Crippen LogP contribution is 2.17. The number of sulfone groups is 1. The van der Waals surface area contributed by atoms with Gasteiger partial charge in [-0.1, -0.05) is 42.5 Å². The SMILES string of the molecule is CCOCCn1c(=NC(=O)Cc2ccc(S(=O)(=O)CC)cc2)sc2ccccc21. The summed E-state index contributed by atoms with van der Waals surface area (Å²) in [6.07, 6.45) is 0.117. The van der Waals surface area contributed by atoms with E-state index in [-0.39, 0.29) is 23.0 Å². The van der Waals surface area contributed by atoms with E-state index in [2.05, 4.69) is 4.99 Å². The summed E-state index contributed by atoms with van der Waals surface area (Å²) < 4.78 is 32.4. The van der Waals surface area contributed by atoms with Crippen molar-refractivity contribution in [2.24, 2.45) is 4.99 Å². The van der Waals surface area contributed by atoms with Crippen LogP contribution in [0.4, 0.5) is 0 Å². The van der Waals surface area contributed by atoms with Crippen LogP contribution in [0.5, 0.6) is 0 Å². The summed E-state index contributed by atoms with van der Waals surface area (Å²) in [6.45, 7) is 5.36. The smallest absolute Gasteiger partial charge is 0.252 e. The first-order valence-electron chi connectivity index (χ1n) is 9.50. The van der Waals surface area contributed by atoms with E-state index >= 15 is 0 Å². The van der Waals surface area contributed by atoms with Crippen LogP contribution in [-0.4, -0.2) is 37.9 Å². The normalized spacial score (nSPS) is 12.6. The molecule has 0 fully saturated rings. The third-order valence-corrected chi connectivity index (χ3v) is 7.30. The van der Waals surface area contributed by atoms with Crippen molar-refractivity contribution in [3.63, 3.8) is 0 Å². The van der Waals surface area contributed by atoms with Gasteiger partial charge in [0, 0.05) is 13.2 Å². The van der Waals surface area contributed by atoms with Gasteiger partial charge in [-0.05, 0) is 36.8 Å². The van der Waals surface area contributed by atoms with Gasteiger partial charge in [-0.15, -0.1) is 0 Å². The lowest BCUT2D eigenvalue weighted by Gasteiger charge is -2.05. The number of carbonyl (C=O) groups excluding carboxylic acids is 1. The van der Waals surface area contributed by atoms with Gasteiger partial charge < -0.3 is 9.30 Å². The van der Waals surface area contributed by atoms with E-state index in [1.807, 2.05) is 35.8 Å². The summed E-state index contributed by atoms with van der Waals surface area (Å²) in [5, 5.41) is 0. The monoisotopic (exact) mass is 432 g/mol. The Hall–Kier alpha value is -2.29. The number of rotatable bonds is 8. The maximum absolute atomic E-state index is 12.6. The molecule has 3 rings (SSSR count). The zero-order valence-corrected chi connectivity index (χ0v) is 18.1. The number of ether oxygens (including phenoxy) is 1. The highest BCUT2D eigenvalue weighted by molar-refractivity contribution is 7.91. The van der Waals surface area contributed by atoms with Crippen molar-refractivity contribution in [3.05, 3.63) is 58.9 Å². The van der Waals surface area contributed by atoms with Crippen LogP contribution < -0.4 is 4.80 Å². The van der Waals surface area contributed by atoms with Gasteiger partial charge in [-0.2, -0.15) is 4.99 Å². The summed E-state index contributed by atoms with van der Waals surface area (Å²) in [7, 11) is -3.25. The number of amides is 1. The number of para-hydroxylation sites is 1. The zero-order valence-electron chi connectivity index (χ0n) is 16.5. The lowest BCUT2D eigenvalue weighted by Crippen LogP contribution is -2.20. The summed E-state index contributed by atoms with van der Waals surface area (Å²) in [6, 6.07) is 14.4. The predicted octanol–water partition coefficient (Wildman–Crippen LogP) is 3.20. The molecule has 29 heavy (non-hydrogen) atoms. The number of aromatic nitrogens is 1. The number of hydrogen-bond acceptors (Lipinski definition) is 5. The number of carbonyl (C=O) groups is 1. The van der Waals surface area contributed by atoms with E-state index < -0.39 is 9.84 Å². The quantitative estimate of drug-likeness (QED) is 0.512. The van der Waals surface area contributed by atoms with E-state index in [0.717, 1.165) is 15.8 Å². The maximum Gasteiger partial charge on any atom is 0.252 e. The van der Waals surface area contributed by atoms with Gasteiger partial charge in [-0.25, -0.2) is 8.42 Å².